The van der Waals surface area contributed by atoms with E-state index in [2.05, 4.69) is 21.0 Å². The molecule has 0 radical (unpaired) electrons. The fraction of sp³-hybridized carbons (Fsp3) is 0.500. The van der Waals surface area contributed by atoms with E-state index in [9.17, 15) is 9.59 Å². The van der Waals surface area contributed by atoms with E-state index >= 15 is 0 Å². The molecule has 4 aliphatic rings. The van der Waals surface area contributed by atoms with Crippen LogP contribution in [0, 0.1) is 0 Å². The highest BCUT2D eigenvalue weighted by molar-refractivity contribution is 6.13. The molecule has 0 bridgehead atoms. The number of carbonyl (C=O) groups excluding carboxylic acids is 2. The van der Waals surface area contributed by atoms with Gasteiger partial charge in [0.2, 0.25) is 5.76 Å². The third kappa shape index (κ3) is 3.78. The maximum atomic E-state index is 13.8. The molecule has 1 unspecified atom stereocenters. The predicted octanol–water partition coefficient (Wildman–Crippen LogP) is 5.00. The van der Waals surface area contributed by atoms with Gasteiger partial charge in [0.15, 0.2) is 0 Å². The Balaban J connectivity index is 1.20. The molecule has 2 amide bonds. The normalized spacial score (nSPS) is 23.3. The standard InChI is InChI=1S/C30H34N4O3/c35-28(33-17-7-8-22(19-33)32-15-5-6-16-32)21-11-12-26-24(18-21)30(13-3-4-14-30)20-34(26)29(36)27-23-9-1-2-10-25(23)31-37-27/h1-2,9-12,18,22H,3-8,13-17,19-20H2. The molecule has 4 heterocycles. The first-order chi connectivity index (χ1) is 18.1. The minimum atomic E-state index is -0.151. The van der Waals surface area contributed by atoms with E-state index in [1.165, 1.54) is 32.4 Å². The third-order valence-electron chi connectivity index (χ3n) is 9.29. The lowest BCUT2D eigenvalue weighted by atomic mass is 9.80. The summed E-state index contributed by atoms with van der Waals surface area (Å²) in [5.41, 5.74) is 3.43. The summed E-state index contributed by atoms with van der Waals surface area (Å²) >= 11 is 0. The Morgan fingerprint density at radius 1 is 0.919 bits per heavy atom. The van der Waals surface area contributed by atoms with E-state index in [0.717, 1.165) is 67.4 Å². The first-order valence-electron chi connectivity index (χ1n) is 14.0. The predicted molar refractivity (Wildman–Crippen MR) is 142 cm³/mol. The Hall–Kier alpha value is -3.19. The lowest BCUT2D eigenvalue weighted by molar-refractivity contribution is 0.0607. The second-order valence-corrected chi connectivity index (χ2v) is 11.4. The molecule has 7 heteroatoms. The van der Waals surface area contributed by atoms with Gasteiger partial charge in [-0.15, -0.1) is 0 Å². The minimum absolute atomic E-state index is 0.0862. The molecule has 1 atom stereocenters. The molecule has 1 aliphatic carbocycles. The van der Waals surface area contributed by atoms with Gasteiger partial charge in [-0.2, -0.15) is 0 Å². The highest BCUT2D eigenvalue weighted by Gasteiger charge is 2.47. The number of hydrogen-bond acceptors (Lipinski definition) is 5. The highest BCUT2D eigenvalue weighted by Crippen LogP contribution is 2.51. The summed E-state index contributed by atoms with van der Waals surface area (Å²) in [6.45, 7) is 4.62. The molecule has 1 aromatic heterocycles. The molecule has 7 rings (SSSR count). The monoisotopic (exact) mass is 498 g/mol. The van der Waals surface area contributed by atoms with Crippen molar-refractivity contribution in [1.29, 1.82) is 0 Å². The number of benzene rings is 2. The number of fused-ring (bicyclic) bond motifs is 3. The van der Waals surface area contributed by atoms with Crippen molar-refractivity contribution in [3.8, 4) is 0 Å². The Morgan fingerprint density at radius 2 is 1.73 bits per heavy atom. The van der Waals surface area contributed by atoms with Crippen molar-refractivity contribution in [1.82, 2.24) is 15.0 Å². The number of aromatic nitrogens is 1. The van der Waals surface area contributed by atoms with E-state index < -0.39 is 0 Å². The summed E-state index contributed by atoms with van der Waals surface area (Å²) < 4.78 is 5.54. The van der Waals surface area contributed by atoms with Gasteiger partial charge in [-0.1, -0.05) is 30.1 Å². The molecule has 7 nitrogen and oxygen atoms in total. The quantitative estimate of drug-likeness (QED) is 0.508. The first-order valence-corrected chi connectivity index (χ1v) is 14.0. The van der Waals surface area contributed by atoms with Crippen molar-refractivity contribution in [3.05, 3.63) is 59.4 Å². The van der Waals surface area contributed by atoms with Crippen LogP contribution in [-0.2, 0) is 5.41 Å². The lowest BCUT2D eigenvalue weighted by Crippen LogP contribution is -2.49. The van der Waals surface area contributed by atoms with Crippen LogP contribution in [0.2, 0.25) is 0 Å². The minimum Gasteiger partial charge on any atom is -0.350 e. The Morgan fingerprint density at radius 3 is 2.57 bits per heavy atom. The summed E-state index contributed by atoms with van der Waals surface area (Å²) in [5, 5.41) is 4.85. The molecule has 3 aliphatic heterocycles. The van der Waals surface area contributed by atoms with Gasteiger partial charge in [0.1, 0.15) is 5.52 Å². The van der Waals surface area contributed by atoms with Crippen molar-refractivity contribution >= 4 is 28.4 Å². The Kier molecular flexibility index (Phi) is 5.57. The van der Waals surface area contributed by atoms with E-state index in [0.29, 0.717) is 18.1 Å². The van der Waals surface area contributed by atoms with E-state index in [1.54, 1.807) is 0 Å². The molecular weight excluding hydrogens is 464 g/mol. The van der Waals surface area contributed by atoms with Gasteiger partial charge >= 0.3 is 0 Å². The van der Waals surface area contributed by atoms with Gasteiger partial charge < -0.3 is 14.3 Å². The van der Waals surface area contributed by atoms with Crippen LogP contribution in [0.4, 0.5) is 5.69 Å². The smallest absolute Gasteiger partial charge is 0.297 e. The zero-order valence-corrected chi connectivity index (χ0v) is 21.3. The number of nitrogens with zero attached hydrogens (tertiary/aromatic N) is 4. The van der Waals surface area contributed by atoms with E-state index in [-0.39, 0.29) is 23.0 Å². The molecule has 3 aromatic rings. The van der Waals surface area contributed by atoms with E-state index in [4.69, 9.17) is 4.52 Å². The number of piperidine rings is 1. The molecule has 37 heavy (non-hydrogen) atoms. The van der Waals surface area contributed by atoms with Crippen molar-refractivity contribution in [2.24, 2.45) is 0 Å². The SMILES string of the molecule is O=C(c1ccc2c(c1)C1(CCCC1)CN2C(=O)c1onc2ccccc12)N1CCCC(N2CCCC2)C1. The molecular formula is C30H34N4O3. The van der Waals surface area contributed by atoms with Gasteiger partial charge in [0.05, 0.1) is 5.39 Å². The van der Waals surface area contributed by atoms with Crippen molar-refractivity contribution in [2.45, 2.75) is 62.8 Å². The lowest BCUT2D eigenvalue weighted by Gasteiger charge is -2.37. The van der Waals surface area contributed by atoms with Crippen LogP contribution >= 0.6 is 0 Å². The molecule has 192 valence electrons. The third-order valence-corrected chi connectivity index (χ3v) is 9.29. The zero-order chi connectivity index (χ0) is 25.0. The molecule has 3 fully saturated rings. The maximum absolute atomic E-state index is 13.8. The summed E-state index contributed by atoms with van der Waals surface area (Å²) in [6.07, 6.45) is 9.17. The molecule has 1 saturated carbocycles. The second kappa shape index (κ2) is 8.98. The average molecular weight is 499 g/mol. The number of amides is 2. The number of hydrogen-bond donors (Lipinski definition) is 0. The van der Waals surface area contributed by atoms with Crippen LogP contribution in [0.1, 0.15) is 77.8 Å². The average Bonchev–Trinajstić information content (AvgIpc) is 3.76. The molecule has 0 N–H and O–H groups in total. The summed E-state index contributed by atoms with van der Waals surface area (Å²) in [6, 6.07) is 14.1. The van der Waals surface area contributed by atoms with Crippen molar-refractivity contribution in [3.63, 3.8) is 0 Å². The fourth-order valence-corrected chi connectivity index (χ4v) is 7.36. The van der Waals surface area contributed by atoms with Gasteiger partial charge in [-0.25, -0.2) is 0 Å². The Labute approximate surface area is 217 Å². The topological polar surface area (TPSA) is 69.9 Å². The van der Waals surface area contributed by atoms with Gasteiger partial charge in [-0.05, 0) is 87.5 Å². The first kappa shape index (κ1) is 23.0. The van der Waals surface area contributed by atoms with Crippen LogP contribution in [0.25, 0.3) is 10.9 Å². The number of likely N-dealkylation sites (tertiary alicyclic amines) is 2. The van der Waals surface area contributed by atoms with Gasteiger partial charge in [0, 0.05) is 42.3 Å². The van der Waals surface area contributed by atoms with Gasteiger partial charge in [-0.3, -0.25) is 14.5 Å². The van der Waals surface area contributed by atoms with Crippen LogP contribution in [-0.4, -0.2) is 65.5 Å². The molecule has 2 aromatic carbocycles. The highest BCUT2D eigenvalue weighted by atomic mass is 16.5. The Bertz CT molecular complexity index is 1350. The van der Waals surface area contributed by atoms with Crippen LogP contribution < -0.4 is 4.90 Å². The zero-order valence-electron chi connectivity index (χ0n) is 21.3. The van der Waals surface area contributed by atoms with Gasteiger partial charge in [0.25, 0.3) is 11.8 Å². The largest absolute Gasteiger partial charge is 0.350 e. The van der Waals surface area contributed by atoms with Crippen molar-refractivity contribution in [2.75, 3.05) is 37.6 Å². The second-order valence-electron chi connectivity index (χ2n) is 11.4. The fourth-order valence-electron chi connectivity index (χ4n) is 7.36. The summed E-state index contributed by atoms with van der Waals surface area (Å²) in [7, 11) is 0. The summed E-state index contributed by atoms with van der Waals surface area (Å²) in [5.74, 6) is 0.270. The summed E-state index contributed by atoms with van der Waals surface area (Å²) in [4.78, 5) is 34.0. The van der Waals surface area contributed by atoms with Crippen molar-refractivity contribution < 1.29 is 14.1 Å². The molecule has 1 spiro atoms. The maximum Gasteiger partial charge on any atom is 0.297 e. The van der Waals surface area contributed by atoms with Crippen LogP contribution in [0.15, 0.2) is 47.0 Å². The number of carbonyl (C=O) groups is 2. The van der Waals surface area contributed by atoms with Crippen LogP contribution in [0.5, 0.6) is 0 Å². The molecule has 2 saturated heterocycles. The number of rotatable bonds is 3. The van der Waals surface area contributed by atoms with E-state index in [1.807, 2.05) is 41.3 Å². The number of anilines is 1. The van der Waals surface area contributed by atoms with Crippen LogP contribution in [0.3, 0.4) is 0 Å².